The summed E-state index contributed by atoms with van der Waals surface area (Å²) in [6.45, 7) is 5.27. The zero-order valence-corrected chi connectivity index (χ0v) is 13.8. The van der Waals surface area contributed by atoms with Crippen molar-refractivity contribution in [3.05, 3.63) is 27.7 Å². The van der Waals surface area contributed by atoms with Crippen LogP contribution in [0.3, 0.4) is 0 Å². The predicted octanol–water partition coefficient (Wildman–Crippen LogP) is 3.17. The number of piperidine rings is 1. The number of fused-ring (bicyclic) bond motifs is 1. The van der Waals surface area contributed by atoms with Crippen molar-refractivity contribution in [1.29, 1.82) is 0 Å². The molecule has 3 rings (SSSR count). The Hall–Kier alpha value is -0.290. The molecule has 0 amide bonds. The first kappa shape index (κ1) is 14.6. The molecule has 0 radical (unpaired) electrons. The first-order valence-corrected chi connectivity index (χ1v) is 8.43. The second kappa shape index (κ2) is 6.65. The first-order valence-electron chi connectivity index (χ1n) is 7.26. The summed E-state index contributed by atoms with van der Waals surface area (Å²) in [5.74, 6) is 1.70. The third-order valence-electron chi connectivity index (χ3n) is 4.23. The lowest BCUT2D eigenvalue weighted by Crippen LogP contribution is -2.40. The van der Waals surface area contributed by atoms with Crippen molar-refractivity contribution in [1.82, 2.24) is 10.2 Å². The lowest BCUT2D eigenvalue weighted by Gasteiger charge is -2.24. The molecule has 1 aromatic carbocycles. The molecule has 1 aromatic rings. The zero-order valence-electron chi connectivity index (χ0n) is 11.4. The van der Waals surface area contributed by atoms with Gasteiger partial charge >= 0.3 is 0 Å². The average Bonchev–Trinajstić information content (AvgIpc) is 2.84. The van der Waals surface area contributed by atoms with Crippen LogP contribution in [0.25, 0.3) is 0 Å². The Balaban J connectivity index is 1.46. The van der Waals surface area contributed by atoms with Crippen LogP contribution in [0.5, 0.6) is 5.75 Å². The van der Waals surface area contributed by atoms with Gasteiger partial charge in [0.15, 0.2) is 0 Å². The van der Waals surface area contributed by atoms with E-state index in [1.807, 2.05) is 18.2 Å². The highest BCUT2D eigenvalue weighted by atomic mass is 79.9. The Morgan fingerprint density at radius 1 is 1.40 bits per heavy atom. The van der Waals surface area contributed by atoms with Gasteiger partial charge in [0, 0.05) is 30.7 Å². The second-order valence-electron chi connectivity index (χ2n) is 5.65. The maximum absolute atomic E-state index is 5.92. The number of halogens is 2. The van der Waals surface area contributed by atoms with Crippen LogP contribution in [0, 0.1) is 5.92 Å². The number of nitrogens with one attached hydrogen (secondary N) is 1. The van der Waals surface area contributed by atoms with E-state index in [2.05, 4.69) is 26.1 Å². The molecule has 2 aliphatic rings. The minimum atomic E-state index is 0.700. The maximum atomic E-state index is 5.92. The van der Waals surface area contributed by atoms with E-state index < -0.39 is 0 Å². The lowest BCUT2D eigenvalue weighted by atomic mass is 9.94. The summed E-state index contributed by atoms with van der Waals surface area (Å²) >= 11 is 9.40. The van der Waals surface area contributed by atoms with Crippen molar-refractivity contribution in [3.8, 4) is 5.75 Å². The quantitative estimate of drug-likeness (QED) is 0.893. The summed E-state index contributed by atoms with van der Waals surface area (Å²) in [5.41, 5.74) is 0. The number of ether oxygens (including phenoxy) is 1. The molecule has 110 valence electrons. The van der Waals surface area contributed by atoms with Gasteiger partial charge in [-0.2, -0.15) is 0 Å². The fourth-order valence-electron chi connectivity index (χ4n) is 3.20. The van der Waals surface area contributed by atoms with Crippen molar-refractivity contribution >= 4 is 27.5 Å². The van der Waals surface area contributed by atoms with E-state index in [1.165, 1.54) is 25.9 Å². The van der Waals surface area contributed by atoms with Crippen LogP contribution in [0.1, 0.15) is 12.8 Å². The molecular weight excluding hydrogens is 340 g/mol. The molecule has 2 atom stereocenters. The summed E-state index contributed by atoms with van der Waals surface area (Å²) in [5, 5.41) is 4.35. The Kier molecular flexibility index (Phi) is 4.87. The molecule has 2 saturated heterocycles. The fraction of sp³-hybridized carbons (Fsp3) is 0.600. The predicted molar refractivity (Wildman–Crippen MR) is 85.6 cm³/mol. The summed E-state index contributed by atoms with van der Waals surface area (Å²) in [7, 11) is 0. The highest BCUT2D eigenvalue weighted by Gasteiger charge is 2.33. The monoisotopic (exact) mass is 358 g/mol. The summed E-state index contributed by atoms with van der Waals surface area (Å²) in [4.78, 5) is 2.51. The smallest absolute Gasteiger partial charge is 0.133 e. The molecule has 3 nitrogen and oxygen atoms in total. The fourth-order valence-corrected chi connectivity index (χ4v) is 3.99. The van der Waals surface area contributed by atoms with Crippen LogP contribution in [-0.4, -0.2) is 43.7 Å². The Labute approximate surface area is 133 Å². The van der Waals surface area contributed by atoms with E-state index in [1.54, 1.807) is 0 Å². The normalized spacial score (nSPS) is 26.5. The second-order valence-corrected chi connectivity index (χ2v) is 6.94. The van der Waals surface area contributed by atoms with Gasteiger partial charge in [-0.3, -0.25) is 4.90 Å². The summed E-state index contributed by atoms with van der Waals surface area (Å²) < 4.78 is 6.76. The van der Waals surface area contributed by atoms with Gasteiger partial charge in [-0.05, 0) is 59.4 Å². The molecule has 0 spiro atoms. The van der Waals surface area contributed by atoms with Gasteiger partial charge in [0.25, 0.3) is 0 Å². The van der Waals surface area contributed by atoms with Crippen molar-refractivity contribution < 1.29 is 4.74 Å². The molecule has 20 heavy (non-hydrogen) atoms. The standard InChI is InChI=1S/C15H20BrClN2O/c16-13-8-12(17)3-4-15(13)20-7-6-19-9-11-2-1-5-18-14(11)10-19/h3-4,8,11,14,18H,1-2,5-7,9-10H2. The number of benzene rings is 1. The number of rotatable bonds is 4. The van der Waals surface area contributed by atoms with Crippen LogP contribution in [0.15, 0.2) is 22.7 Å². The molecule has 0 saturated carbocycles. The van der Waals surface area contributed by atoms with Crippen molar-refractivity contribution in [2.24, 2.45) is 5.92 Å². The van der Waals surface area contributed by atoms with E-state index in [9.17, 15) is 0 Å². The van der Waals surface area contributed by atoms with Crippen molar-refractivity contribution in [2.45, 2.75) is 18.9 Å². The van der Waals surface area contributed by atoms with E-state index in [4.69, 9.17) is 16.3 Å². The molecule has 1 N–H and O–H groups in total. The minimum absolute atomic E-state index is 0.700. The van der Waals surface area contributed by atoms with Crippen LogP contribution in [-0.2, 0) is 0 Å². The Bertz CT molecular complexity index is 457. The largest absolute Gasteiger partial charge is 0.491 e. The van der Waals surface area contributed by atoms with Gasteiger partial charge in [0.05, 0.1) is 4.47 Å². The van der Waals surface area contributed by atoms with Gasteiger partial charge in [-0.15, -0.1) is 0 Å². The van der Waals surface area contributed by atoms with Crippen LogP contribution >= 0.6 is 27.5 Å². The Morgan fingerprint density at radius 2 is 2.30 bits per heavy atom. The van der Waals surface area contributed by atoms with E-state index in [-0.39, 0.29) is 0 Å². The molecule has 2 fully saturated rings. The number of hydrogen-bond donors (Lipinski definition) is 1. The van der Waals surface area contributed by atoms with E-state index in [0.717, 1.165) is 40.9 Å². The van der Waals surface area contributed by atoms with Crippen molar-refractivity contribution in [3.63, 3.8) is 0 Å². The third-order valence-corrected chi connectivity index (χ3v) is 5.09. The first-order chi connectivity index (χ1) is 9.72. The topological polar surface area (TPSA) is 24.5 Å². The van der Waals surface area contributed by atoms with Crippen LogP contribution in [0.2, 0.25) is 5.02 Å². The van der Waals surface area contributed by atoms with Gasteiger partial charge in [0.2, 0.25) is 0 Å². The molecule has 0 bridgehead atoms. The number of likely N-dealkylation sites (tertiary alicyclic amines) is 1. The summed E-state index contributed by atoms with van der Waals surface area (Å²) in [6.07, 6.45) is 2.70. The molecule has 2 heterocycles. The molecule has 0 aromatic heterocycles. The van der Waals surface area contributed by atoms with Crippen LogP contribution < -0.4 is 10.1 Å². The highest BCUT2D eigenvalue weighted by Crippen LogP contribution is 2.28. The van der Waals surface area contributed by atoms with Gasteiger partial charge in [-0.1, -0.05) is 11.6 Å². The van der Waals surface area contributed by atoms with Gasteiger partial charge in [0.1, 0.15) is 12.4 Å². The molecular formula is C15H20BrClN2O. The van der Waals surface area contributed by atoms with Crippen molar-refractivity contribution in [2.75, 3.05) is 32.8 Å². The molecule has 5 heteroatoms. The van der Waals surface area contributed by atoms with Gasteiger partial charge < -0.3 is 10.1 Å². The molecule has 2 unspecified atom stereocenters. The summed E-state index contributed by atoms with van der Waals surface area (Å²) in [6, 6.07) is 6.34. The maximum Gasteiger partial charge on any atom is 0.133 e. The van der Waals surface area contributed by atoms with E-state index in [0.29, 0.717) is 6.04 Å². The number of hydrogen-bond acceptors (Lipinski definition) is 3. The third kappa shape index (κ3) is 3.48. The lowest BCUT2D eigenvalue weighted by molar-refractivity contribution is 0.231. The SMILES string of the molecule is Clc1ccc(OCCN2CC3CCCNC3C2)c(Br)c1. The van der Waals surface area contributed by atoms with Gasteiger partial charge in [-0.25, -0.2) is 0 Å². The minimum Gasteiger partial charge on any atom is -0.491 e. The van der Waals surface area contributed by atoms with E-state index >= 15 is 0 Å². The average molecular weight is 360 g/mol. The number of nitrogens with zero attached hydrogens (tertiary/aromatic N) is 1. The zero-order chi connectivity index (χ0) is 13.9. The molecule has 2 aliphatic heterocycles. The Morgan fingerprint density at radius 3 is 3.10 bits per heavy atom. The molecule has 0 aliphatic carbocycles. The van der Waals surface area contributed by atoms with Crippen LogP contribution in [0.4, 0.5) is 0 Å². The highest BCUT2D eigenvalue weighted by molar-refractivity contribution is 9.10.